The van der Waals surface area contributed by atoms with Crippen LogP contribution in [-0.2, 0) is 16.0 Å². The molecule has 2 aromatic carbocycles. The first-order chi connectivity index (χ1) is 14.6. The van der Waals surface area contributed by atoms with Gasteiger partial charge in [-0.1, -0.05) is 96.8 Å². The summed E-state index contributed by atoms with van der Waals surface area (Å²) in [6, 6.07) is 20.0. The summed E-state index contributed by atoms with van der Waals surface area (Å²) in [6.45, 7) is 1.07. The van der Waals surface area contributed by atoms with Crippen molar-refractivity contribution in [3.8, 4) is 0 Å². The van der Waals surface area contributed by atoms with Gasteiger partial charge in [-0.3, -0.25) is 14.5 Å². The van der Waals surface area contributed by atoms with Gasteiger partial charge < -0.3 is 5.32 Å². The van der Waals surface area contributed by atoms with Gasteiger partial charge >= 0.3 is 0 Å². The number of rotatable bonds is 9. The molecule has 2 aromatic rings. The Morgan fingerprint density at radius 2 is 1.77 bits per heavy atom. The second-order valence-electron chi connectivity index (χ2n) is 6.81. The first-order valence-corrected chi connectivity index (χ1v) is 11.1. The minimum Gasteiger partial charge on any atom is -0.356 e. The van der Waals surface area contributed by atoms with Crippen molar-refractivity contribution in [2.24, 2.45) is 0 Å². The molecule has 0 bridgehead atoms. The van der Waals surface area contributed by atoms with Crippen molar-refractivity contribution in [1.82, 2.24) is 10.2 Å². The highest BCUT2D eigenvalue weighted by Crippen LogP contribution is 2.31. The summed E-state index contributed by atoms with van der Waals surface area (Å²) < 4.78 is 0.545. The van der Waals surface area contributed by atoms with Gasteiger partial charge in [0.1, 0.15) is 4.32 Å². The Morgan fingerprint density at radius 1 is 1.07 bits per heavy atom. The number of nitrogens with zero attached hydrogens (tertiary/aromatic N) is 1. The van der Waals surface area contributed by atoms with Crippen LogP contribution < -0.4 is 5.32 Å². The van der Waals surface area contributed by atoms with E-state index in [1.54, 1.807) is 11.0 Å². The van der Waals surface area contributed by atoms with Crippen molar-refractivity contribution in [3.63, 3.8) is 0 Å². The van der Waals surface area contributed by atoms with Crippen molar-refractivity contribution in [3.05, 3.63) is 88.8 Å². The van der Waals surface area contributed by atoms with E-state index in [0.717, 1.165) is 12.0 Å². The average molecular weight is 437 g/mol. The van der Waals surface area contributed by atoms with Gasteiger partial charge in [-0.2, -0.15) is 0 Å². The molecule has 1 aliphatic heterocycles. The largest absolute Gasteiger partial charge is 0.356 e. The Bertz CT molecular complexity index is 940. The highest BCUT2D eigenvalue weighted by atomic mass is 32.2. The Labute approximate surface area is 187 Å². The zero-order chi connectivity index (χ0) is 21.2. The van der Waals surface area contributed by atoms with E-state index in [0.29, 0.717) is 35.2 Å². The fourth-order valence-corrected chi connectivity index (χ4v) is 4.25. The van der Waals surface area contributed by atoms with E-state index in [1.165, 1.54) is 17.3 Å². The average Bonchev–Trinajstić information content (AvgIpc) is 3.03. The summed E-state index contributed by atoms with van der Waals surface area (Å²) in [5.41, 5.74) is 2.27. The molecular weight excluding hydrogens is 412 g/mol. The lowest BCUT2D eigenvalue weighted by molar-refractivity contribution is -0.124. The Morgan fingerprint density at radius 3 is 2.50 bits per heavy atom. The highest BCUT2D eigenvalue weighted by Gasteiger charge is 2.31. The molecular formula is C24H24N2O2S2. The van der Waals surface area contributed by atoms with Crippen molar-refractivity contribution in [2.45, 2.75) is 19.3 Å². The zero-order valence-corrected chi connectivity index (χ0v) is 18.3. The standard InChI is InChI=1S/C24H24N2O2S2/c27-22(25-17-16-20-11-5-2-6-12-20)15-8-18-26-23(28)21(30-24(26)29)14-7-13-19-9-3-1-4-10-19/h1-7,9-14H,8,15-18H2,(H,25,27)/b13-7+,21-14-. The van der Waals surface area contributed by atoms with E-state index in [-0.39, 0.29) is 11.8 Å². The van der Waals surface area contributed by atoms with Gasteiger partial charge in [-0.25, -0.2) is 0 Å². The van der Waals surface area contributed by atoms with Crippen LogP contribution in [0, 0.1) is 0 Å². The quantitative estimate of drug-likeness (QED) is 0.462. The topological polar surface area (TPSA) is 49.4 Å². The number of hydrogen-bond acceptors (Lipinski definition) is 4. The number of carbonyl (C=O) groups excluding carboxylic acids is 2. The molecule has 1 aliphatic rings. The highest BCUT2D eigenvalue weighted by molar-refractivity contribution is 8.26. The molecule has 0 saturated carbocycles. The second kappa shape index (κ2) is 11.5. The van der Waals surface area contributed by atoms with Gasteiger partial charge in [0.05, 0.1) is 4.91 Å². The number of thioether (sulfide) groups is 1. The molecule has 4 nitrogen and oxygen atoms in total. The molecule has 0 atom stereocenters. The van der Waals surface area contributed by atoms with Crippen molar-refractivity contribution in [1.29, 1.82) is 0 Å². The van der Waals surface area contributed by atoms with E-state index in [1.807, 2.05) is 72.8 Å². The van der Waals surface area contributed by atoms with Crippen LogP contribution in [0.2, 0.25) is 0 Å². The summed E-state index contributed by atoms with van der Waals surface area (Å²) in [6.07, 6.45) is 7.37. The molecule has 1 saturated heterocycles. The van der Waals surface area contributed by atoms with Crippen LogP contribution in [0.3, 0.4) is 0 Å². The molecule has 30 heavy (non-hydrogen) atoms. The van der Waals surface area contributed by atoms with E-state index < -0.39 is 0 Å². The Hall–Kier alpha value is -2.70. The zero-order valence-electron chi connectivity index (χ0n) is 16.6. The predicted octanol–water partition coefficient (Wildman–Crippen LogP) is 4.58. The minimum absolute atomic E-state index is 0.00212. The van der Waals surface area contributed by atoms with Crippen LogP contribution in [0.25, 0.3) is 6.08 Å². The van der Waals surface area contributed by atoms with E-state index in [4.69, 9.17) is 12.2 Å². The number of allylic oxidation sites excluding steroid dienone is 2. The van der Waals surface area contributed by atoms with Gasteiger partial charge in [-0.05, 0) is 30.0 Å². The fraction of sp³-hybridized carbons (Fsp3) is 0.208. The first kappa shape index (κ1) is 22.0. The predicted molar refractivity (Wildman–Crippen MR) is 128 cm³/mol. The maximum atomic E-state index is 12.6. The van der Waals surface area contributed by atoms with Crippen LogP contribution in [0.5, 0.6) is 0 Å². The van der Waals surface area contributed by atoms with Gasteiger partial charge in [-0.15, -0.1) is 0 Å². The van der Waals surface area contributed by atoms with E-state index in [9.17, 15) is 9.59 Å². The summed E-state index contributed by atoms with van der Waals surface area (Å²) in [5, 5.41) is 2.93. The molecule has 1 heterocycles. The SMILES string of the molecule is O=C(CCCN1C(=O)/C(=C/C=C/c2ccccc2)SC1=S)NCCc1ccccc1. The normalized spacial score (nSPS) is 15.3. The van der Waals surface area contributed by atoms with Crippen LogP contribution in [-0.4, -0.2) is 34.1 Å². The number of thiocarbonyl (C=S) groups is 1. The summed E-state index contributed by atoms with van der Waals surface area (Å²) in [7, 11) is 0. The third-order valence-corrected chi connectivity index (χ3v) is 5.97. The number of nitrogens with one attached hydrogen (secondary N) is 1. The second-order valence-corrected chi connectivity index (χ2v) is 8.49. The van der Waals surface area contributed by atoms with Gasteiger partial charge in [0, 0.05) is 19.5 Å². The molecule has 6 heteroatoms. The summed E-state index contributed by atoms with van der Waals surface area (Å²) in [4.78, 5) is 26.8. The molecule has 2 amide bonds. The minimum atomic E-state index is -0.0906. The Balaban J connectivity index is 1.40. The molecule has 0 radical (unpaired) electrons. The van der Waals surface area contributed by atoms with Gasteiger partial charge in [0.25, 0.3) is 5.91 Å². The first-order valence-electron chi connectivity index (χ1n) is 9.91. The van der Waals surface area contributed by atoms with Gasteiger partial charge in [0.15, 0.2) is 0 Å². The van der Waals surface area contributed by atoms with Gasteiger partial charge in [0.2, 0.25) is 5.91 Å². The monoisotopic (exact) mass is 436 g/mol. The van der Waals surface area contributed by atoms with Crippen LogP contribution >= 0.6 is 24.0 Å². The lowest BCUT2D eigenvalue weighted by Gasteiger charge is -2.14. The van der Waals surface area contributed by atoms with E-state index >= 15 is 0 Å². The van der Waals surface area contributed by atoms with Crippen LogP contribution in [0.4, 0.5) is 0 Å². The number of benzene rings is 2. The third kappa shape index (κ3) is 6.68. The summed E-state index contributed by atoms with van der Waals surface area (Å²) in [5.74, 6) is -0.0927. The number of carbonyl (C=O) groups is 2. The molecule has 0 aromatic heterocycles. The van der Waals surface area contributed by atoms with Crippen LogP contribution in [0.1, 0.15) is 24.0 Å². The van der Waals surface area contributed by atoms with Crippen molar-refractivity contribution < 1.29 is 9.59 Å². The molecule has 0 unspecified atom stereocenters. The van der Waals surface area contributed by atoms with Crippen molar-refractivity contribution in [2.75, 3.05) is 13.1 Å². The lowest BCUT2D eigenvalue weighted by Crippen LogP contribution is -2.31. The van der Waals surface area contributed by atoms with Crippen molar-refractivity contribution >= 4 is 46.2 Å². The smallest absolute Gasteiger partial charge is 0.266 e. The molecule has 3 rings (SSSR count). The fourth-order valence-electron chi connectivity index (χ4n) is 2.99. The molecule has 0 aliphatic carbocycles. The molecule has 154 valence electrons. The Kier molecular flexibility index (Phi) is 8.41. The lowest BCUT2D eigenvalue weighted by atomic mass is 10.1. The maximum absolute atomic E-state index is 12.6. The maximum Gasteiger partial charge on any atom is 0.266 e. The molecule has 1 fully saturated rings. The molecule has 1 N–H and O–H groups in total. The third-order valence-electron chi connectivity index (χ3n) is 4.57. The van der Waals surface area contributed by atoms with E-state index in [2.05, 4.69) is 5.32 Å². The molecule has 0 spiro atoms. The number of amides is 2. The summed E-state index contributed by atoms with van der Waals surface area (Å²) >= 11 is 6.65. The van der Waals surface area contributed by atoms with Crippen LogP contribution in [0.15, 0.2) is 77.7 Å². The number of hydrogen-bond donors (Lipinski definition) is 1.